The van der Waals surface area contributed by atoms with Crippen molar-refractivity contribution >= 4 is 29.3 Å². The van der Waals surface area contributed by atoms with E-state index in [2.05, 4.69) is 0 Å². The Balaban J connectivity index is 2.75. The van der Waals surface area contributed by atoms with Gasteiger partial charge in [-0.1, -0.05) is 17.7 Å². The molecule has 1 aliphatic heterocycles. The van der Waals surface area contributed by atoms with E-state index in [4.69, 9.17) is 26.8 Å². The van der Waals surface area contributed by atoms with Gasteiger partial charge in [-0.2, -0.15) is 5.26 Å². The highest BCUT2D eigenvalue weighted by Gasteiger charge is 2.38. The summed E-state index contributed by atoms with van der Waals surface area (Å²) in [4.78, 5) is 13.3. The van der Waals surface area contributed by atoms with Gasteiger partial charge in [0, 0.05) is 9.92 Å². The van der Waals surface area contributed by atoms with Gasteiger partial charge >= 0.3 is 5.97 Å². The molecule has 0 bridgehead atoms. The lowest BCUT2D eigenvalue weighted by molar-refractivity contribution is -0.139. The molecule has 0 aliphatic carbocycles. The predicted molar refractivity (Wildman–Crippen MR) is 93.2 cm³/mol. The smallest absolute Gasteiger partial charge is 0.338 e. The maximum atomic E-state index is 12.5. The van der Waals surface area contributed by atoms with Gasteiger partial charge in [0.25, 0.3) is 0 Å². The van der Waals surface area contributed by atoms with Crippen molar-refractivity contribution in [1.29, 1.82) is 5.26 Å². The Kier molecular flexibility index (Phi) is 5.81. The number of carbonyl (C=O) groups is 1. The molecule has 24 heavy (non-hydrogen) atoms. The van der Waals surface area contributed by atoms with E-state index in [1.807, 2.05) is 24.5 Å². The topological polar surface area (TPSA) is 85.3 Å². The summed E-state index contributed by atoms with van der Waals surface area (Å²) in [5, 5.41) is 10.0. The zero-order chi connectivity index (χ0) is 17.9. The molecular formula is C17H17ClN2O3S. The molecule has 126 valence electrons. The van der Waals surface area contributed by atoms with Gasteiger partial charge in [-0.3, -0.25) is 0 Å². The number of carbonyl (C=O) groups excluding carboxylic acids is 1. The van der Waals surface area contributed by atoms with Gasteiger partial charge < -0.3 is 15.2 Å². The fourth-order valence-electron chi connectivity index (χ4n) is 2.62. The second kappa shape index (κ2) is 7.65. The Morgan fingerprint density at radius 3 is 2.83 bits per heavy atom. The van der Waals surface area contributed by atoms with Crippen molar-refractivity contribution in [2.45, 2.75) is 24.7 Å². The second-order valence-corrected chi connectivity index (χ2v) is 6.23. The normalized spacial score (nSPS) is 17.4. The van der Waals surface area contributed by atoms with E-state index in [0.29, 0.717) is 16.3 Å². The Morgan fingerprint density at radius 2 is 2.25 bits per heavy atom. The summed E-state index contributed by atoms with van der Waals surface area (Å²) in [5.41, 5.74) is 6.92. The van der Waals surface area contributed by atoms with Crippen LogP contribution in [0.15, 0.2) is 45.9 Å². The fourth-order valence-corrected chi connectivity index (χ4v) is 3.62. The van der Waals surface area contributed by atoms with Crippen LogP contribution in [-0.2, 0) is 14.3 Å². The summed E-state index contributed by atoms with van der Waals surface area (Å²) in [6.07, 6.45) is 1.90. The first-order valence-corrected chi connectivity index (χ1v) is 8.84. The summed E-state index contributed by atoms with van der Waals surface area (Å²) >= 11 is 7.88. The molecule has 7 heteroatoms. The third-order valence-corrected chi connectivity index (χ3v) is 4.75. The summed E-state index contributed by atoms with van der Waals surface area (Å²) < 4.78 is 10.5. The minimum absolute atomic E-state index is 0.0278. The number of nitrogens with two attached hydrogens (primary N) is 1. The van der Waals surface area contributed by atoms with Crippen LogP contribution in [0.1, 0.15) is 25.3 Å². The third kappa shape index (κ3) is 3.23. The lowest BCUT2D eigenvalue weighted by atomic mass is 9.83. The van der Waals surface area contributed by atoms with Gasteiger partial charge in [-0.05, 0) is 37.8 Å². The van der Waals surface area contributed by atoms with Crippen LogP contribution in [0.3, 0.4) is 0 Å². The Morgan fingerprint density at radius 1 is 1.54 bits per heavy atom. The van der Waals surface area contributed by atoms with Crippen molar-refractivity contribution in [2.75, 3.05) is 12.9 Å². The lowest BCUT2D eigenvalue weighted by Crippen LogP contribution is -2.26. The first kappa shape index (κ1) is 18.2. The molecule has 0 saturated heterocycles. The molecule has 0 amide bonds. The van der Waals surface area contributed by atoms with E-state index >= 15 is 0 Å². The molecule has 1 unspecified atom stereocenters. The van der Waals surface area contributed by atoms with E-state index in [-0.39, 0.29) is 23.6 Å². The van der Waals surface area contributed by atoms with Crippen molar-refractivity contribution in [1.82, 2.24) is 0 Å². The monoisotopic (exact) mass is 364 g/mol. The van der Waals surface area contributed by atoms with Crippen LogP contribution in [0.5, 0.6) is 0 Å². The number of hydrogen-bond donors (Lipinski definition) is 1. The van der Waals surface area contributed by atoms with Crippen molar-refractivity contribution in [3.8, 4) is 6.07 Å². The number of thioether (sulfide) groups is 1. The molecule has 1 aliphatic rings. The van der Waals surface area contributed by atoms with Crippen LogP contribution in [0.2, 0.25) is 5.02 Å². The van der Waals surface area contributed by atoms with Crippen LogP contribution in [0.25, 0.3) is 0 Å². The third-order valence-electron chi connectivity index (χ3n) is 3.62. The van der Waals surface area contributed by atoms with E-state index in [0.717, 1.165) is 4.90 Å². The van der Waals surface area contributed by atoms with Crippen LogP contribution in [-0.4, -0.2) is 18.8 Å². The minimum atomic E-state index is -0.723. The lowest BCUT2D eigenvalue weighted by Gasteiger charge is -2.28. The van der Waals surface area contributed by atoms with Crippen molar-refractivity contribution in [2.24, 2.45) is 5.73 Å². The van der Waals surface area contributed by atoms with Gasteiger partial charge in [-0.25, -0.2) is 4.79 Å². The number of halogens is 1. The summed E-state index contributed by atoms with van der Waals surface area (Å²) in [7, 11) is 0. The van der Waals surface area contributed by atoms with Crippen molar-refractivity contribution in [3.63, 3.8) is 0 Å². The number of rotatable bonds is 4. The van der Waals surface area contributed by atoms with Gasteiger partial charge in [0.1, 0.15) is 17.4 Å². The number of benzene rings is 1. The van der Waals surface area contributed by atoms with E-state index < -0.39 is 11.9 Å². The number of hydrogen-bond acceptors (Lipinski definition) is 6. The molecule has 0 aromatic heterocycles. The summed E-state index contributed by atoms with van der Waals surface area (Å²) in [6, 6.07) is 7.46. The molecule has 2 N–H and O–H groups in total. The molecule has 1 aromatic rings. The first-order chi connectivity index (χ1) is 11.5. The minimum Gasteiger partial charge on any atom is -0.463 e. The SMILES string of the molecule is CCOC(=O)C1=C(C)OC(N)=C(C#N)C1c1c(Cl)cccc1SC. The molecule has 1 aromatic carbocycles. The van der Waals surface area contributed by atoms with Crippen LogP contribution in [0.4, 0.5) is 0 Å². The molecule has 1 heterocycles. The fraction of sp³-hybridized carbons (Fsp3) is 0.294. The van der Waals surface area contributed by atoms with Crippen LogP contribution < -0.4 is 5.73 Å². The standard InChI is InChI=1S/C17H17ClN2O3S/c1-4-22-17(21)13-9(2)23-16(20)10(8-19)14(13)15-11(18)6-5-7-12(15)24-3/h5-7,14H,4,20H2,1-3H3. The Bertz CT molecular complexity index is 781. The van der Waals surface area contributed by atoms with Crippen molar-refractivity contribution in [3.05, 3.63) is 51.6 Å². The average molecular weight is 365 g/mol. The highest BCUT2D eigenvalue weighted by Crippen LogP contribution is 2.45. The van der Waals surface area contributed by atoms with Crippen molar-refractivity contribution < 1.29 is 14.3 Å². The Hall–Kier alpha value is -2.10. The van der Waals surface area contributed by atoms with E-state index in [1.165, 1.54) is 11.8 Å². The molecule has 2 rings (SSSR count). The zero-order valence-corrected chi connectivity index (χ0v) is 15.1. The summed E-state index contributed by atoms with van der Waals surface area (Å²) in [6.45, 7) is 3.54. The highest BCUT2D eigenvalue weighted by atomic mass is 35.5. The number of allylic oxidation sites excluding steroid dienone is 2. The molecule has 0 spiro atoms. The predicted octanol–water partition coefficient (Wildman–Crippen LogP) is 3.71. The largest absolute Gasteiger partial charge is 0.463 e. The molecular weight excluding hydrogens is 348 g/mol. The van der Waals surface area contributed by atoms with E-state index in [1.54, 1.807) is 19.9 Å². The number of nitrogens with zero attached hydrogens (tertiary/aromatic N) is 1. The molecule has 5 nitrogen and oxygen atoms in total. The van der Waals surface area contributed by atoms with Gasteiger partial charge in [0.2, 0.25) is 5.88 Å². The maximum absolute atomic E-state index is 12.5. The maximum Gasteiger partial charge on any atom is 0.338 e. The van der Waals surface area contributed by atoms with Gasteiger partial charge in [0.15, 0.2) is 0 Å². The van der Waals surface area contributed by atoms with Gasteiger partial charge in [-0.15, -0.1) is 11.8 Å². The van der Waals surface area contributed by atoms with Crippen LogP contribution >= 0.6 is 23.4 Å². The zero-order valence-electron chi connectivity index (χ0n) is 13.6. The number of esters is 1. The number of ether oxygens (including phenoxy) is 2. The molecule has 0 radical (unpaired) electrons. The molecule has 1 atom stereocenters. The first-order valence-electron chi connectivity index (χ1n) is 7.24. The summed E-state index contributed by atoms with van der Waals surface area (Å²) in [5.74, 6) is -0.992. The van der Waals surface area contributed by atoms with Crippen LogP contribution in [0, 0.1) is 11.3 Å². The molecule has 0 saturated carbocycles. The average Bonchev–Trinajstić information content (AvgIpc) is 2.54. The van der Waals surface area contributed by atoms with E-state index in [9.17, 15) is 10.1 Å². The number of nitriles is 1. The molecule has 0 fully saturated rings. The second-order valence-electron chi connectivity index (χ2n) is 4.97. The Labute approximate surface area is 150 Å². The quantitative estimate of drug-likeness (QED) is 0.647. The van der Waals surface area contributed by atoms with Gasteiger partial charge in [0.05, 0.1) is 18.1 Å². The highest BCUT2D eigenvalue weighted by molar-refractivity contribution is 7.98.